The third kappa shape index (κ3) is 4.42. The third-order valence-corrected chi connectivity index (χ3v) is 6.26. The molecule has 2 aromatic carbocycles. The minimum absolute atomic E-state index is 0.295. The van der Waals surface area contributed by atoms with Gasteiger partial charge in [-0.2, -0.15) is 0 Å². The predicted octanol–water partition coefficient (Wildman–Crippen LogP) is 2.34. The van der Waals surface area contributed by atoms with Crippen LogP contribution >= 0.6 is 11.3 Å². The van der Waals surface area contributed by atoms with E-state index in [1.165, 1.54) is 29.9 Å². The monoisotopic (exact) mass is 478 g/mol. The average Bonchev–Trinajstić information content (AvgIpc) is 3.12. The van der Waals surface area contributed by atoms with Crippen LogP contribution in [0.3, 0.4) is 0 Å². The molecular weight excluding hydrogens is 456 g/mol. The smallest absolute Gasteiger partial charge is 0.338 e. The Bertz CT molecular complexity index is 1480. The number of hydrogen-bond donors (Lipinski definition) is 0. The predicted molar refractivity (Wildman–Crippen MR) is 127 cm³/mol. The molecule has 0 spiro atoms. The number of aromatic nitrogens is 1. The van der Waals surface area contributed by atoms with Crippen LogP contribution in [0.15, 0.2) is 69.6 Å². The van der Waals surface area contributed by atoms with E-state index in [-0.39, 0.29) is 5.56 Å². The van der Waals surface area contributed by atoms with E-state index in [1.54, 1.807) is 56.5 Å². The van der Waals surface area contributed by atoms with Gasteiger partial charge in [-0.1, -0.05) is 35.6 Å². The van der Waals surface area contributed by atoms with E-state index >= 15 is 0 Å². The van der Waals surface area contributed by atoms with Gasteiger partial charge in [-0.3, -0.25) is 14.2 Å². The minimum Gasteiger partial charge on any atom is -0.497 e. The molecule has 2 heterocycles. The molecule has 1 aliphatic rings. The van der Waals surface area contributed by atoms with Crippen LogP contribution in [0.25, 0.3) is 6.08 Å². The van der Waals surface area contributed by atoms with Crippen LogP contribution in [-0.4, -0.2) is 30.7 Å². The molecule has 0 amide bonds. The fraction of sp³-hybridized carbons (Fsp3) is 0.200. The molecule has 1 atom stereocenters. The maximum Gasteiger partial charge on any atom is 0.338 e. The van der Waals surface area contributed by atoms with Crippen LogP contribution in [0.2, 0.25) is 0 Å². The third-order valence-electron chi connectivity index (χ3n) is 5.28. The van der Waals surface area contributed by atoms with Crippen molar-refractivity contribution in [3.63, 3.8) is 0 Å². The zero-order chi connectivity index (χ0) is 24.4. The zero-order valence-corrected chi connectivity index (χ0v) is 19.8. The zero-order valence-electron chi connectivity index (χ0n) is 19.0. The van der Waals surface area contributed by atoms with Gasteiger partial charge in [-0.05, 0) is 48.4 Å². The lowest BCUT2D eigenvalue weighted by atomic mass is 9.96. The molecule has 174 valence electrons. The van der Waals surface area contributed by atoms with Gasteiger partial charge in [0.15, 0.2) is 4.80 Å². The van der Waals surface area contributed by atoms with Crippen molar-refractivity contribution >= 4 is 29.4 Å². The summed E-state index contributed by atoms with van der Waals surface area (Å²) < 4.78 is 17.3. The maximum absolute atomic E-state index is 13.5. The van der Waals surface area contributed by atoms with E-state index in [0.29, 0.717) is 37.7 Å². The van der Waals surface area contributed by atoms with Gasteiger partial charge in [0.25, 0.3) is 5.56 Å². The second-order valence-electron chi connectivity index (χ2n) is 7.51. The van der Waals surface area contributed by atoms with Crippen molar-refractivity contribution in [1.29, 1.82) is 0 Å². The Kier molecular flexibility index (Phi) is 6.47. The number of carbonyl (C=O) groups excluding carboxylic acids is 2. The van der Waals surface area contributed by atoms with E-state index in [0.717, 1.165) is 5.56 Å². The molecule has 34 heavy (non-hydrogen) atoms. The quantitative estimate of drug-likeness (QED) is 0.413. The van der Waals surface area contributed by atoms with Crippen molar-refractivity contribution in [2.45, 2.75) is 19.9 Å². The molecule has 8 nitrogen and oxygen atoms in total. The fourth-order valence-corrected chi connectivity index (χ4v) is 4.83. The summed E-state index contributed by atoms with van der Waals surface area (Å²) >= 11 is 1.22. The van der Waals surface area contributed by atoms with Crippen LogP contribution in [0.4, 0.5) is 0 Å². The highest BCUT2D eigenvalue weighted by molar-refractivity contribution is 7.07. The first kappa shape index (κ1) is 23.2. The SMILES string of the molecule is COC(=O)C1=C(C)N=c2sc(=Cc3cccc(OC(C)=O)c3)c(=O)n2[C@@H]1c1ccc(OC)cc1. The Balaban J connectivity index is 1.90. The number of ether oxygens (including phenoxy) is 3. The van der Waals surface area contributed by atoms with Crippen molar-refractivity contribution in [3.8, 4) is 11.5 Å². The van der Waals surface area contributed by atoms with Crippen LogP contribution in [-0.2, 0) is 14.3 Å². The lowest BCUT2D eigenvalue weighted by Crippen LogP contribution is -2.39. The normalized spacial score (nSPS) is 15.4. The standard InChI is InChI=1S/C25H22N2O6S/c1-14-21(24(30)32-4)22(17-8-10-18(31-3)11-9-17)27-23(29)20(34-25(27)26-14)13-16-6-5-7-19(12-16)33-15(2)28/h5-13,22H,1-4H3/t22-/m1/s1. The van der Waals surface area contributed by atoms with Crippen molar-refractivity contribution in [2.75, 3.05) is 14.2 Å². The van der Waals surface area contributed by atoms with Crippen molar-refractivity contribution in [2.24, 2.45) is 4.99 Å². The molecule has 0 aliphatic carbocycles. The summed E-state index contributed by atoms with van der Waals surface area (Å²) in [6.07, 6.45) is 1.71. The number of rotatable bonds is 5. The van der Waals surface area contributed by atoms with Gasteiger partial charge in [-0.15, -0.1) is 0 Å². The number of nitrogens with zero attached hydrogens (tertiary/aromatic N) is 2. The Morgan fingerprint density at radius 2 is 1.82 bits per heavy atom. The number of fused-ring (bicyclic) bond motifs is 1. The molecule has 0 radical (unpaired) electrons. The van der Waals surface area contributed by atoms with Crippen LogP contribution in [0, 0.1) is 0 Å². The fourth-order valence-electron chi connectivity index (χ4n) is 3.78. The lowest BCUT2D eigenvalue weighted by molar-refractivity contribution is -0.136. The van der Waals surface area contributed by atoms with Crippen LogP contribution < -0.4 is 24.4 Å². The van der Waals surface area contributed by atoms with E-state index < -0.39 is 18.0 Å². The molecule has 9 heteroatoms. The molecule has 0 unspecified atom stereocenters. The second kappa shape index (κ2) is 9.48. The van der Waals surface area contributed by atoms with Gasteiger partial charge in [0.1, 0.15) is 11.5 Å². The molecule has 0 saturated heterocycles. The number of hydrogen-bond acceptors (Lipinski definition) is 8. The molecule has 0 N–H and O–H groups in total. The summed E-state index contributed by atoms with van der Waals surface area (Å²) in [6.45, 7) is 3.05. The summed E-state index contributed by atoms with van der Waals surface area (Å²) in [4.78, 5) is 42.5. The summed E-state index contributed by atoms with van der Waals surface area (Å²) in [5.41, 5.74) is 1.89. The molecule has 1 aliphatic heterocycles. The molecular formula is C25H22N2O6S. The van der Waals surface area contributed by atoms with Crippen molar-refractivity contribution < 1.29 is 23.8 Å². The minimum atomic E-state index is -0.705. The second-order valence-corrected chi connectivity index (χ2v) is 8.52. The van der Waals surface area contributed by atoms with E-state index in [2.05, 4.69) is 4.99 Å². The first-order valence-corrected chi connectivity index (χ1v) is 11.2. The lowest BCUT2D eigenvalue weighted by Gasteiger charge is -2.24. The Labute approximate surface area is 199 Å². The number of carbonyl (C=O) groups is 2. The average molecular weight is 479 g/mol. The summed E-state index contributed by atoms with van der Waals surface area (Å²) in [5.74, 6) is 0.0605. The van der Waals surface area contributed by atoms with Gasteiger partial charge in [0.05, 0.1) is 36.1 Å². The summed E-state index contributed by atoms with van der Waals surface area (Å²) in [7, 11) is 2.87. The largest absolute Gasteiger partial charge is 0.497 e. The Hall–Kier alpha value is -3.98. The molecule has 4 rings (SSSR count). The van der Waals surface area contributed by atoms with E-state index in [9.17, 15) is 14.4 Å². The Morgan fingerprint density at radius 1 is 1.09 bits per heavy atom. The maximum atomic E-state index is 13.5. The van der Waals surface area contributed by atoms with Crippen molar-refractivity contribution in [1.82, 2.24) is 4.57 Å². The Morgan fingerprint density at radius 3 is 2.47 bits per heavy atom. The van der Waals surface area contributed by atoms with Gasteiger partial charge in [-0.25, -0.2) is 9.79 Å². The van der Waals surface area contributed by atoms with Gasteiger partial charge < -0.3 is 14.2 Å². The number of methoxy groups -OCH3 is 2. The number of esters is 2. The summed E-state index contributed by atoms with van der Waals surface area (Å²) in [6, 6.07) is 13.3. The number of benzene rings is 2. The molecule has 0 bridgehead atoms. The molecule has 3 aromatic rings. The van der Waals surface area contributed by atoms with Crippen LogP contribution in [0.1, 0.15) is 31.0 Å². The van der Waals surface area contributed by atoms with Crippen LogP contribution in [0.5, 0.6) is 11.5 Å². The first-order chi connectivity index (χ1) is 16.3. The molecule has 0 fully saturated rings. The number of allylic oxidation sites excluding steroid dienone is 1. The van der Waals surface area contributed by atoms with Gasteiger partial charge in [0.2, 0.25) is 0 Å². The number of thiazole rings is 1. The van der Waals surface area contributed by atoms with Crippen molar-refractivity contribution in [3.05, 3.63) is 90.6 Å². The first-order valence-electron chi connectivity index (χ1n) is 10.4. The van der Waals surface area contributed by atoms with E-state index in [4.69, 9.17) is 14.2 Å². The van der Waals surface area contributed by atoms with Gasteiger partial charge in [0, 0.05) is 6.92 Å². The van der Waals surface area contributed by atoms with E-state index in [1.807, 2.05) is 12.1 Å². The summed E-state index contributed by atoms with van der Waals surface area (Å²) in [5, 5.41) is 0. The molecule has 0 saturated carbocycles. The highest BCUT2D eigenvalue weighted by atomic mass is 32.1. The highest BCUT2D eigenvalue weighted by Crippen LogP contribution is 2.31. The molecule has 1 aromatic heterocycles. The highest BCUT2D eigenvalue weighted by Gasteiger charge is 2.33. The topological polar surface area (TPSA) is 96.2 Å². The van der Waals surface area contributed by atoms with Gasteiger partial charge >= 0.3 is 11.9 Å².